The Hall–Kier alpha value is 0.767. The van der Waals surface area contributed by atoms with E-state index in [0.717, 1.165) is 5.69 Å². The van der Waals surface area contributed by atoms with Crippen molar-refractivity contribution in [3.63, 3.8) is 0 Å². The molecule has 0 saturated carbocycles. The molecule has 0 unspecified atom stereocenters. The molecule has 0 aromatic carbocycles. The molecule has 0 aliphatic carbocycles. The van der Waals surface area contributed by atoms with Crippen LogP contribution < -0.4 is 3.71 Å². The van der Waals surface area contributed by atoms with Crippen molar-refractivity contribution < 1.29 is 0 Å². The van der Waals surface area contributed by atoms with E-state index in [9.17, 15) is 0 Å². The van der Waals surface area contributed by atoms with Crippen LogP contribution in [-0.2, 0) is 0 Å². The predicted octanol–water partition coefficient (Wildman–Crippen LogP) is 6.38. The standard InChI is InChI=1S/C6H6N.C5H3Cl2N.6CH3.ClH.2Sn/c1-6-4-2-3-5-7-6;6-4-2-1-3-5(7)8-4;;;;;;;;;/h2-4H,1H3;1-3H;6*1H3;1H;;/q;;;;;;;;;;+1/p-1. The summed E-state index contributed by atoms with van der Waals surface area (Å²) in [5.41, 5.74) is 1.15. The molecule has 0 atom stereocenters. The van der Waals surface area contributed by atoms with Crippen molar-refractivity contribution in [3.05, 3.63) is 52.4 Å². The average Bonchev–Trinajstić information content (AvgIpc) is 2.36. The van der Waals surface area contributed by atoms with Gasteiger partial charge in [0.25, 0.3) is 0 Å². The Balaban J connectivity index is 0.000000358. The Morgan fingerprint density at radius 3 is 1.42 bits per heavy atom. The molecule has 0 radical (unpaired) electrons. The zero-order chi connectivity index (χ0) is 19.0. The summed E-state index contributed by atoms with van der Waals surface area (Å²) < 4.78 is 1.37. The summed E-state index contributed by atoms with van der Waals surface area (Å²) in [6.45, 7) is 2.06. The van der Waals surface area contributed by atoms with Gasteiger partial charge in [-0.1, -0.05) is 29.3 Å². The number of halogens is 3. The number of rotatable bonds is 1. The van der Waals surface area contributed by atoms with Gasteiger partial charge in [-0.25, -0.2) is 4.98 Å². The zero-order valence-corrected chi connectivity index (χ0v) is 23.5. The van der Waals surface area contributed by atoms with Crippen molar-refractivity contribution in [1.82, 2.24) is 9.97 Å². The van der Waals surface area contributed by atoms with Gasteiger partial charge in [-0.15, -0.1) is 0 Å². The molecule has 0 amide bonds. The van der Waals surface area contributed by atoms with E-state index in [1.54, 1.807) is 18.2 Å². The van der Waals surface area contributed by atoms with Crippen molar-refractivity contribution in [1.29, 1.82) is 0 Å². The number of aromatic nitrogens is 2. The Labute approximate surface area is 168 Å². The van der Waals surface area contributed by atoms with E-state index < -0.39 is 35.6 Å². The van der Waals surface area contributed by atoms with Gasteiger partial charge in [0.1, 0.15) is 10.3 Å². The number of aryl methyl sites for hydroxylation is 1. The Kier molecular flexibility index (Phi) is 11.8. The number of pyridine rings is 2. The molecule has 24 heavy (non-hydrogen) atoms. The maximum absolute atomic E-state index is 5.74. The van der Waals surface area contributed by atoms with Gasteiger partial charge in [0.2, 0.25) is 0 Å². The summed E-state index contributed by atoms with van der Waals surface area (Å²) in [6.07, 6.45) is 0. The van der Waals surface area contributed by atoms with Crippen LogP contribution in [0.3, 0.4) is 0 Å². The SMILES string of the molecule is Cc1ccc[c]([Sn]([CH3])([CH3])[CH3])n1.Clc1cccc(Cl)n1.[CH3][Sn]([CH3])([CH3])[Cl]. The Bertz CT molecular complexity index is 600. The summed E-state index contributed by atoms with van der Waals surface area (Å²) in [4.78, 5) is 21.9. The number of hydrogen-bond donors (Lipinski definition) is 0. The third-order valence-electron chi connectivity index (χ3n) is 2.34. The summed E-state index contributed by atoms with van der Waals surface area (Å²) >= 11 is 7.32. The summed E-state index contributed by atoms with van der Waals surface area (Å²) in [5.74, 6) is 0. The monoisotopic (exact) mass is 604 g/mol. The second kappa shape index (κ2) is 11.5. The quantitative estimate of drug-likeness (QED) is 0.280. The summed E-state index contributed by atoms with van der Waals surface area (Å²) in [5, 5.41) is 0.856. The second-order valence-corrected chi connectivity index (χ2v) is 41.7. The fraction of sp³-hybridized carbons (Fsp3) is 0.412. The first-order chi connectivity index (χ1) is 10.8. The summed E-state index contributed by atoms with van der Waals surface area (Å²) in [7, 11) is 5.74. The average molecular weight is 603 g/mol. The van der Waals surface area contributed by atoms with Crippen molar-refractivity contribution in [2.45, 2.75) is 36.6 Å². The molecular formula is C17H27Cl3N2Sn2. The van der Waals surface area contributed by atoms with E-state index in [1.807, 2.05) is 0 Å². The van der Waals surface area contributed by atoms with Gasteiger partial charge in [0.05, 0.1) is 0 Å². The number of hydrogen-bond acceptors (Lipinski definition) is 2. The third kappa shape index (κ3) is 15.1. The Morgan fingerprint density at radius 1 is 0.750 bits per heavy atom. The molecule has 0 bridgehead atoms. The molecule has 2 rings (SSSR count). The maximum atomic E-state index is 5.74. The minimum absolute atomic E-state index is 0.428. The zero-order valence-electron chi connectivity index (χ0n) is 15.5. The first kappa shape index (κ1) is 24.8. The van der Waals surface area contributed by atoms with Crippen LogP contribution in [0.15, 0.2) is 36.4 Å². The first-order valence-corrected chi connectivity index (χ1v) is 30.6. The van der Waals surface area contributed by atoms with E-state index in [1.165, 1.54) is 3.71 Å². The van der Waals surface area contributed by atoms with E-state index in [-0.39, 0.29) is 0 Å². The predicted molar refractivity (Wildman–Crippen MR) is 115 cm³/mol. The first-order valence-electron chi connectivity index (χ1n) is 7.70. The van der Waals surface area contributed by atoms with E-state index in [2.05, 4.69) is 64.7 Å². The van der Waals surface area contributed by atoms with Gasteiger partial charge in [-0.3, -0.25) is 0 Å². The second-order valence-electron chi connectivity index (χ2n) is 7.26. The van der Waals surface area contributed by atoms with E-state index >= 15 is 0 Å². The molecule has 0 aliphatic rings. The number of nitrogens with zero attached hydrogens (tertiary/aromatic N) is 2. The van der Waals surface area contributed by atoms with Crippen LogP contribution in [0.1, 0.15) is 5.69 Å². The van der Waals surface area contributed by atoms with Crippen LogP contribution >= 0.6 is 32.1 Å². The fourth-order valence-electron chi connectivity index (χ4n) is 1.34. The van der Waals surface area contributed by atoms with Crippen LogP contribution in [0, 0.1) is 6.92 Å². The molecule has 0 spiro atoms. The van der Waals surface area contributed by atoms with Gasteiger partial charge in [-0.2, -0.15) is 0 Å². The third-order valence-corrected chi connectivity index (χ3v) is 7.94. The van der Waals surface area contributed by atoms with Crippen molar-refractivity contribution in [2.75, 3.05) is 0 Å². The van der Waals surface area contributed by atoms with E-state index in [4.69, 9.17) is 32.1 Å². The van der Waals surface area contributed by atoms with Gasteiger partial charge in [-0.05, 0) is 12.1 Å². The van der Waals surface area contributed by atoms with Gasteiger partial charge in [0.15, 0.2) is 0 Å². The van der Waals surface area contributed by atoms with Crippen molar-refractivity contribution in [3.8, 4) is 0 Å². The molecule has 7 heteroatoms. The van der Waals surface area contributed by atoms with E-state index in [0.29, 0.717) is 10.3 Å². The summed E-state index contributed by atoms with van der Waals surface area (Å²) in [6, 6.07) is 11.4. The van der Waals surface area contributed by atoms with Crippen LogP contribution in [0.4, 0.5) is 0 Å². The van der Waals surface area contributed by atoms with Crippen molar-refractivity contribution >= 4 is 71.5 Å². The molecule has 2 aromatic rings. The fourth-order valence-corrected chi connectivity index (χ4v) is 4.88. The van der Waals surface area contributed by atoms with Crippen LogP contribution in [0.2, 0.25) is 39.9 Å². The van der Waals surface area contributed by atoms with Gasteiger partial charge >= 0.3 is 114 Å². The molecule has 2 aromatic heterocycles. The molecule has 0 aliphatic heterocycles. The molecule has 2 nitrogen and oxygen atoms in total. The minimum atomic E-state index is -1.87. The van der Waals surface area contributed by atoms with Crippen LogP contribution in [0.5, 0.6) is 0 Å². The van der Waals surface area contributed by atoms with Crippen molar-refractivity contribution in [2.24, 2.45) is 0 Å². The van der Waals surface area contributed by atoms with Gasteiger partial charge < -0.3 is 0 Å². The molecule has 2 heterocycles. The van der Waals surface area contributed by atoms with Crippen LogP contribution in [-0.4, -0.2) is 45.6 Å². The molecular weight excluding hydrogens is 576 g/mol. The normalized spacial score (nSPS) is 10.9. The Morgan fingerprint density at radius 2 is 1.17 bits per heavy atom. The topological polar surface area (TPSA) is 25.8 Å². The van der Waals surface area contributed by atoms with Gasteiger partial charge in [0, 0.05) is 0 Å². The molecule has 134 valence electrons. The molecule has 0 saturated heterocycles. The van der Waals surface area contributed by atoms with Crippen LogP contribution in [0.25, 0.3) is 0 Å². The molecule has 0 N–H and O–H groups in total. The molecule has 0 fully saturated rings.